The first kappa shape index (κ1) is 28.9. The number of carbonyl (C=O) groups is 2. The average Bonchev–Trinajstić information content (AvgIpc) is 3.30. The summed E-state index contributed by atoms with van der Waals surface area (Å²) in [5.41, 5.74) is 0.925. The minimum atomic E-state index is -4.24. The second-order valence-electron chi connectivity index (χ2n) is 10.4. The topological polar surface area (TPSA) is 101 Å². The van der Waals surface area contributed by atoms with Gasteiger partial charge in [-0.3, -0.25) is 9.59 Å². The van der Waals surface area contributed by atoms with Crippen LogP contribution < -0.4 is 4.74 Å². The van der Waals surface area contributed by atoms with Crippen LogP contribution in [0.3, 0.4) is 0 Å². The Labute approximate surface area is 232 Å². The number of sulfonamides is 1. The van der Waals surface area contributed by atoms with Gasteiger partial charge in [-0.25, -0.2) is 12.8 Å². The fourth-order valence-electron chi connectivity index (χ4n) is 4.85. The maximum atomic E-state index is 14.8. The van der Waals surface area contributed by atoms with E-state index in [4.69, 9.17) is 4.74 Å². The van der Waals surface area contributed by atoms with Crippen LogP contribution in [0.4, 0.5) is 4.39 Å². The molecule has 0 saturated carbocycles. The van der Waals surface area contributed by atoms with Crippen LogP contribution in [-0.4, -0.2) is 42.2 Å². The van der Waals surface area contributed by atoms with E-state index in [9.17, 15) is 27.5 Å². The minimum Gasteiger partial charge on any atom is -0.488 e. The monoisotopic (exact) mass is 573 g/mol. The Kier molecular flexibility index (Phi) is 8.03. The molecule has 39 heavy (non-hydrogen) atoms. The number of benzene rings is 2. The van der Waals surface area contributed by atoms with Crippen molar-refractivity contribution in [2.75, 3.05) is 6.54 Å². The van der Waals surface area contributed by atoms with E-state index in [2.05, 4.69) is 0 Å². The predicted molar refractivity (Wildman–Crippen MR) is 147 cm³/mol. The van der Waals surface area contributed by atoms with Gasteiger partial charge in [0.05, 0.1) is 16.8 Å². The smallest absolute Gasteiger partial charge is 0.310 e. The van der Waals surface area contributed by atoms with Crippen LogP contribution in [0.2, 0.25) is 0 Å². The number of carboxylic acid groups (broad SMARTS) is 1. The highest BCUT2D eigenvalue weighted by molar-refractivity contribution is 7.89. The lowest BCUT2D eigenvalue weighted by Crippen LogP contribution is -2.37. The Hall–Kier alpha value is -3.08. The van der Waals surface area contributed by atoms with Gasteiger partial charge in [0.2, 0.25) is 10.0 Å². The molecule has 208 valence electrons. The quantitative estimate of drug-likeness (QED) is 0.332. The van der Waals surface area contributed by atoms with Gasteiger partial charge in [0.15, 0.2) is 10.7 Å². The van der Waals surface area contributed by atoms with E-state index in [1.165, 1.54) is 34.7 Å². The number of fused-ring (bicyclic) bond motifs is 1. The molecular formula is C29H32FNO6S2. The number of carboxylic acids is 1. The molecule has 1 aliphatic heterocycles. The van der Waals surface area contributed by atoms with E-state index in [1.807, 2.05) is 32.0 Å². The van der Waals surface area contributed by atoms with Crippen molar-refractivity contribution in [2.45, 2.75) is 64.5 Å². The summed E-state index contributed by atoms with van der Waals surface area (Å²) in [5.74, 6) is -2.58. The molecule has 0 amide bonds. The molecule has 0 aliphatic carbocycles. The summed E-state index contributed by atoms with van der Waals surface area (Å²) in [7, 11) is -4.24. The van der Waals surface area contributed by atoms with Crippen molar-refractivity contribution < 1.29 is 32.2 Å². The highest BCUT2D eigenvalue weighted by Gasteiger charge is 2.41. The zero-order valence-corrected chi connectivity index (χ0v) is 24.2. The van der Waals surface area contributed by atoms with Gasteiger partial charge in [0.25, 0.3) is 0 Å². The van der Waals surface area contributed by atoms with Crippen molar-refractivity contribution >= 4 is 33.1 Å². The SMILES string of the molecule is CC[C@@H]1CN(Cc2cc(C(c3ccc(C(C)=O)s3)C(C)(C)C(=O)O)ccc2C)S(=O)(=O)c2c(F)cccc2O1. The predicted octanol–water partition coefficient (Wildman–Crippen LogP) is 6.00. The van der Waals surface area contributed by atoms with Gasteiger partial charge in [0.1, 0.15) is 17.7 Å². The highest BCUT2D eigenvalue weighted by Crippen LogP contribution is 2.44. The average molecular weight is 574 g/mol. The number of carbonyl (C=O) groups excluding carboxylic acids is 1. The largest absolute Gasteiger partial charge is 0.488 e. The van der Waals surface area contributed by atoms with E-state index in [0.717, 1.165) is 16.5 Å². The van der Waals surface area contributed by atoms with Crippen molar-refractivity contribution in [3.8, 4) is 5.75 Å². The molecule has 3 aromatic rings. The number of aryl methyl sites for hydroxylation is 1. The number of hydrogen-bond donors (Lipinski definition) is 1. The second kappa shape index (κ2) is 10.8. The molecule has 1 aliphatic rings. The molecule has 1 aromatic heterocycles. The number of hydrogen-bond acceptors (Lipinski definition) is 6. The van der Waals surface area contributed by atoms with Crippen molar-refractivity contribution in [3.63, 3.8) is 0 Å². The first-order chi connectivity index (χ1) is 18.3. The Morgan fingerprint density at radius 3 is 2.54 bits per heavy atom. The first-order valence-electron chi connectivity index (χ1n) is 12.7. The summed E-state index contributed by atoms with van der Waals surface area (Å²) in [6.45, 7) is 8.45. The third-order valence-electron chi connectivity index (χ3n) is 7.27. The van der Waals surface area contributed by atoms with Crippen LogP contribution in [0.25, 0.3) is 0 Å². The number of nitrogens with zero attached hydrogens (tertiary/aromatic N) is 1. The number of Topliss-reactive ketones (excluding diaryl/α,β-unsaturated/α-hetero) is 1. The summed E-state index contributed by atoms with van der Waals surface area (Å²) >= 11 is 1.26. The molecular weight excluding hydrogens is 541 g/mol. The van der Waals surface area contributed by atoms with Crippen LogP contribution in [0.1, 0.15) is 71.3 Å². The molecule has 0 spiro atoms. The molecule has 0 fully saturated rings. The number of thiophene rings is 1. The normalized spacial score (nSPS) is 18.1. The molecule has 2 heterocycles. The molecule has 0 bridgehead atoms. The third-order valence-corrected chi connectivity index (χ3v) is 10.4. The van der Waals surface area contributed by atoms with Crippen LogP contribution in [0.5, 0.6) is 5.75 Å². The molecule has 7 nitrogen and oxygen atoms in total. The van der Waals surface area contributed by atoms with E-state index < -0.39 is 44.1 Å². The van der Waals surface area contributed by atoms with Crippen LogP contribution in [0.15, 0.2) is 53.4 Å². The van der Waals surface area contributed by atoms with Gasteiger partial charge in [-0.2, -0.15) is 4.31 Å². The van der Waals surface area contributed by atoms with E-state index in [1.54, 1.807) is 26.0 Å². The fraction of sp³-hybridized carbons (Fsp3) is 0.379. The summed E-state index contributed by atoms with van der Waals surface area (Å²) in [6.07, 6.45) is 0.0494. The zero-order chi connectivity index (χ0) is 28.7. The fourth-order valence-corrected chi connectivity index (χ4v) is 7.69. The van der Waals surface area contributed by atoms with Gasteiger partial charge in [-0.1, -0.05) is 31.2 Å². The lowest BCUT2D eigenvalue weighted by Gasteiger charge is -2.31. The lowest BCUT2D eigenvalue weighted by atomic mass is 9.73. The minimum absolute atomic E-state index is 0.00272. The lowest BCUT2D eigenvalue weighted by molar-refractivity contribution is -0.147. The third kappa shape index (κ3) is 5.50. The molecule has 0 radical (unpaired) electrons. The molecule has 4 rings (SSSR count). The van der Waals surface area contributed by atoms with Crippen molar-refractivity contribution in [3.05, 3.63) is 80.8 Å². The van der Waals surface area contributed by atoms with Gasteiger partial charge in [-0.15, -0.1) is 11.3 Å². The van der Waals surface area contributed by atoms with Crippen LogP contribution in [0, 0.1) is 18.2 Å². The van der Waals surface area contributed by atoms with E-state index in [0.29, 0.717) is 22.4 Å². The molecule has 2 aromatic carbocycles. The number of ether oxygens (including phenoxy) is 1. The Balaban J connectivity index is 1.81. The van der Waals surface area contributed by atoms with Crippen molar-refractivity contribution in [1.29, 1.82) is 0 Å². The number of ketones is 1. The van der Waals surface area contributed by atoms with Crippen LogP contribution >= 0.6 is 11.3 Å². The standard InChI is InChI=1S/C29H32FNO6S2/c1-6-21-16-31(39(35,36)27-22(30)8-7-9-23(27)37-21)15-20-14-19(11-10-17(20)2)26(29(4,5)28(33)34)25-13-12-24(38-25)18(3)32/h7-14,21,26H,6,15-16H2,1-5H3,(H,33,34)/t21-,26?/m1/s1. The summed E-state index contributed by atoms with van der Waals surface area (Å²) in [5, 5.41) is 10.1. The number of halogens is 1. The number of aliphatic carboxylic acids is 1. The maximum absolute atomic E-state index is 14.8. The van der Waals surface area contributed by atoms with E-state index >= 15 is 0 Å². The zero-order valence-electron chi connectivity index (χ0n) is 22.5. The Morgan fingerprint density at radius 2 is 1.92 bits per heavy atom. The van der Waals surface area contributed by atoms with Gasteiger partial charge < -0.3 is 9.84 Å². The van der Waals surface area contributed by atoms with Crippen molar-refractivity contribution in [2.24, 2.45) is 5.41 Å². The summed E-state index contributed by atoms with van der Waals surface area (Å²) < 4.78 is 49.3. The second-order valence-corrected chi connectivity index (χ2v) is 13.4. The van der Waals surface area contributed by atoms with Crippen molar-refractivity contribution in [1.82, 2.24) is 4.31 Å². The molecule has 1 unspecified atom stereocenters. The molecule has 0 saturated heterocycles. The Bertz CT molecular complexity index is 1530. The molecule has 10 heteroatoms. The van der Waals surface area contributed by atoms with Gasteiger partial charge in [-0.05, 0) is 75.1 Å². The van der Waals surface area contributed by atoms with E-state index in [-0.39, 0.29) is 24.6 Å². The Morgan fingerprint density at radius 1 is 1.21 bits per heavy atom. The first-order valence-corrected chi connectivity index (χ1v) is 14.9. The highest BCUT2D eigenvalue weighted by atomic mass is 32.2. The molecule has 1 N–H and O–H groups in total. The van der Waals surface area contributed by atoms with Gasteiger partial charge in [0, 0.05) is 17.3 Å². The summed E-state index contributed by atoms with van der Waals surface area (Å²) in [6, 6.07) is 13.0. The number of rotatable bonds is 8. The maximum Gasteiger partial charge on any atom is 0.310 e. The molecule has 2 atom stereocenters. The van der Waals surface area contributed by atoms with Gasteiger partial charge >= 0.3 is 5.97 Å². The van der Waals surface area contributed by atoms with Crippen LogP contribution in [-0.2, 0) is 21.4 Å². The summed E-state index contributed by atoms with van der Waals surface area (Å²) in [4.78, 5) is 25.1.